The molecule has 2 heterocycles. The van der Waals surface area contributed by atoms with Crippen molar-refractivity contribution in [2.45, 2.75) is 71.0 Å². The first-order chi connectivity index (χ1) is 15.0. The minimum atomic E-state index is -0.769. The molecule has 3 rings (SSSR count). The molecule has 4 N–H and O–H groups in total. The predicted octanol–water partition coefficient (Wildman–Crippen LogP) is 2.57. The number of rotatable bonds is 11. The number of H-pyrrole nitrogens is 1. The third kappa shape index (κ3) is 6.17. The summed E-state index contributed by atoms with van der Waals surface area (Å²) in [6, 6.07) is 7.23. The topological polar surface area (TPSA) is 104 Å². The van der Waals surface area contributed by atoms with Crippen LogP contribution in [0.4, 0.5) is 0 Å². The number of nitrogens with two attached hydrogens (primary N) is 1. The van der Waals surface area contributed by atoms with E-state index < -0.39 is 11.9 Å². The molecule has 31 heavy (non-hydrogen) atoms. The number of primary amides is 1. The van der Waals surface area contributed by atoms with E-state index in [0.29, 0.717) is 18.8 Å². The Morgan fingerprint density at radius 3 is 2.71 bits per heavy atom. The Balaban J connectivity index is 1.76. The maximum Gasteiger partial charge on any atom is 0.240 e. The summed E-state index contributed by atoms with van der Waals surface area (Å²) in [4.78, 5) is 34.6. The van der Waals surface area contributed by atoms with Crippen molar-refractivity contribution in [3.8, 4) is 0 Å². The van der Waals surface area contributed by atoms with E-state index in [1.54, 1.807) is 12.5 Å². The number of aromatic amines is 1. The van der Waals surface area contributed by atoms with E-state index in [1.807, 2.05) is 6.07 Å². The van der Waals surface area contributed by atoms with E-state index in [9.17, 15) is 9.59 Å². The molecular weight excluding hydrogens is 390 g/mol. The van der Waals surface area contributed by atoms with Crippen molar-refractivity contribution in [3.63, 3.8) is 0 Å². The first-order valence-corrected chi connectivity index (χ1v) is 11.4. The van der Waals surface area contributed by atoms with Crippen molar-refractivity contribution in [2.75, 3.05) is 6.54 Å². The third-order valence-corrected chi connectivity index (χ3v) is 6.32. The fraction of sp³-hybridized carbons (Fsp3) is 0.542. The summed E-state index contributed by atoms with van der Waals surface area (Å²) in [5, 5.41) is 2.92. The number of carbonyl (C=O) groups is 2. The number of carbonyl (C=O) groups excluding carboxylic acids is 2. The van der Waals surface area contributed by atoms with Gasteiger partial charge in [-0.2, -0.15) is 0 Å². The van der Waals surface area contributed by atoms with Crippen LogP contribution in [0.5, 0.6) is 0 Å². The van der Waals surface area contributed by atoms with Crippen LogP contribution in [0.1, 0.15) is 56.4 Å². The number of amides is 2. The molecule has 7 heteroatoms. The number of nitrogens with zero attached hydrogens (tertiary/aromatic N) is 2. The SMILES string of the molecule is CCCCC(CC)CN1Cc2ccccc2CC1C(=O)N[C@H](Cc1cnc[nH]1)C(N)=O. The van der Waals surface area contributed by atoms with Crippen LogP contribution in [0, 0.1) is 5.92 Å². The molecule has 1 aliphatic rings. The van der Waals surface area contributed by atoms with Gasteiger partial charge in [-0.05, 0) is 29.9 Å². The number of aromatic nitrogens is 2. The van der Waals surface area contributed by atoms with Gasteiger partial charge in [0.2, 0.25) is 11.8 Å². The highest BCUT2D eigenvalue weighted by molar-refractivity contribution is 5.89. The van der Waals surface area contributed by atoms with E-state index in [2.05, 4.69) is 52.2 Å². The normalized spacial score (nSPS) is 18.2. The standard InChI is InChI=1S/C24H35N5O2/c1-3-5-8-17(4-2)14-29-15-19-10-7-6-9-18(19)11-22(29)24(31)28-21(23(25)30)12-20-13-26-16-27-20/h6-7,9-10,13,16-17,21-22H,3-5,8,11-12,14-15H2,1-2H3,(H2,25,30)(H,26,27)(H,28,31)/t17?,21-,22?/m1/s1. The lowest BCUT2D eigenvalue weighted by Gasteiger charge is -2.38. The number of nitrogens with one attached hydrogen (secondary N) is 2. The van der Waals surface area contributed by atoms with Crippen LogP contribution < -0.4 is 11.1 Å². The smallest absolute Gasteiger partial charge is 0.240 e. The lowest BCUT2D eigenvalue weighted by Crippen LogP contribution is -2.56. The van der Waals surface area contributed by atoms with Crippen molar-refractivity contribution in [1.82, 2.24) is 20.2 Å². The molecule has 0 aliphatic carbocycles. The van der Waals surface area contributed by atoms with E-state index in [1.165, 1.54) is 30.4 Å². The first kappa shape index (κ1) is 23.0. The lowest BCUT2D eigenvalue weighted by atomic mass is 9.90. The largest absolute Gasteiger partial charge is 0.368 e. The molecule has 3 atom stereocenters. The molecule has 2 unspecified atom stereocenters. The second-order valence-corrected chi connectivity index (χ2v) is 8.58. The third-order valence-electron chi connectivity index (χ3n) is 6.32. The van der Waals surface area contributed by atoms with Gasteiger partial charge in [-0.15, -0.1) is 0 Å². The summed E-state index contributed by atoms with van der Waals surface area (Å²) in [5.41, 5.74) is 8.84. The number of imidazole rings is 1. The average Bonchev–Trinajstić information content (AvgIpc) is 3.28. The van der Waals surface area contributed by atoms with Crippen molar-refractivity contribution >= 4 is 11.8 Å². The minimum Gasteiger partial charge on any atom is -0.368 e. The van der Waals surface area contributed by atoms with Crippen molar-refractivity contribution in [1.29, 1.82) is 0 Å². The zero-order chi connectivity index (χ0) is 22.2. The molecule has 0 saturated carbocycles. The molecule has 1 aromatic carbocycles. The molecule has 0 bridgehead atoms. The highest BCUT2D eigenvalue weighted by Crippen LogP contribution is 2.26. The Morgan fingerprint density at radius 1 is 1.29 bits per heavy atom. The molecule has 1 aliphatic heterocycles. The molecular formula is C24H35N5O2. The predicted molar refractivity (Wildman–Crippen MR) is 121 cm³/mol. The van der Waals surface area contributed by atoms with Gasteiger partial charge in [-0.25, -0.2) is 4.98 Å². The molecule has 7 nitrogen and oxygen atoms in total. The van der Waals surface area contributed by atoms with Gasteiger partial charge in [-0.1, -0.05) is 57.4 Å². The number of unbranched alkanes of at least 4 members (excludes halogenated alkanes) is 1. The Kier molecular flexibility index (Phi) is 8.23. The van der Waals surface area contributed by atoms with Crippen LogP contribution in [0.3, 0.4) is 0 Å². The maximum absolute atomic E-state index is 13.4. The van der Waals surface area contributed by atoms with Gasteiger partial charge in [0.15, 0.2) is 0 Å². The van der Waals surface area contributed by atoms with E-state index >= 15 is 0 Å². The van der Waals surface area contributed by atoms with Crippen molar-refractivity contribution < 1.29 is 9.59 Å². The summed E-state index contributed by atoms with van der Waals surface area (Å²) in [6.07, 6.45) is 8.78. The first-order valence-electron chi connectivity index (χ1n) is 11.4. The second-order valence-electron chi connectivity index (χ2n) is 8.58. The molecule has 0 radical (unpaired) electrons. The summed E-state index contributed by atoms with van der Waals surface area (Å²) in [5.74, 6) is -0.124. The highest BCUT2D eigenvalue weighted by Gasteiger charge is 2.34. The zero-order valence-electron chi connectivity index (χ0n) is 18.6. The maximum atomic E-state index is 13.4. The molecule has 2 aromatic rings. The number of hydrogen-bond acceptors (Lipinski definition) is 4. The molecule has 2 amide bonds. The van der Waals surface area contributed by atoms with Crippen LogP contribution >= 0.6 is 0 Å². The van der Waals surface area contributed by atoms with Crippen LogP contribution in [-0.4, -0.2) is 45.3 Å². The zero-order valence-corrected chi connectivity index (χ0v) is 18.6. The van der Waals surface area contributed by atoms with Gasteiger partial charge < -0.3 is 16.0 Å². The second kappa shape index (κ2) is 11.1. The van der Waals surface area contributed by atoms with Gasteiger partial charge in [0.1, 0.15) is 6.04 Å². The average molecular weight is 426 g/mol. The van der Waals surface area contributed by atoms with Gasteiger partial charge in [0, 0.05) is 31.4 Å². The van der Waals surface area contributed by atoms with Gasteiger partial charge >= 0.3 is 0 Å². The molecule has 1 aromatic heterocycles. The van der Waals surface area contributed by atoms with Crippen LogP contribution in [-0.2, 0) is 29.0 Å². The highest BCUT2D eigenvalue weighted by atomic mass is 16.2. The Morgan fingerprint density at radius 2 is 2.06 bits per heavy atom. The van der Waals surface area contributed by atoms with Crippen molar-refractivity contribution in [3.05, 3.63) is 53.6 Å². The summed E-state index contributed by atoms with van der Waals surface area (Å²) >= 11 is 0. The lowest BCUT2D eigenvalue weighted by molar-refractivity contribution is -0.131. The molecule has 0 saturated heterocycles. The fourth-order valence-corrected chi connectivity index (χ4v) is 4.38. The van der Waals surface area contributed by atoms with Crippen LogP contribution in [0.2, 0.25) is 0 Å². The fourth-order valence-electron chi connectivity index (χ4n) is 4.38. The number of benzene rings is 1. The van der Waals surface area contributed by atoms with Gasteiger partial charge in [0.25, 0.3) is 0 Å². The molecule has 168 valence electrons. The quantitative estimate of drug-likeness (QED) is 0.515. The van der Waals surface area contributed by atoms with Crippen LogP contribution in [0.15, 0.2) is 36.8 Å². The van der Waals surface area contributed by atoms with E-state index in [-0.39, 0.29) is 11.9 Å². The minimum absolute atomic E-state index is 0.136. The van der Waals surface area contributed by atoms with Crippen LogP contribution in [0.25, 0.3) is 0 Å². The molecule has 0 fully saturated rings. The van der Waals surface area contributed by atoms with E-state index in [0.717, 1.165) is 25.2 Å². The van der Waals surface area contributed by atoms with Crippen molar-refractivity contribution in [2.24, 2.45) is 11.7 Å². The Bertz CT molecular complexity index is 851. The summed E-state index contributed by atoms with van der Waals surface area (Å²) in [7, 11) is 0. The molecule has 0 spiro atoms. The van der Waals surface area contributed by atoms with E-state index in [4.69, 9.17) is 5.73 Å². The number of fused-ring (bicyclic) bond motifs is 1. The van der Waals surface area contributed by atoms with Gasteiger partial charge in [0.05, 0.1) is 12.4 Å². The number of hydrogen-bond donors (Lipinski definition) is 3. The Labute approximate surface area is 184 Å². The Hall–Kier alpha value is -2.67. The van der Waals surface area contributed by atoms with Gasteiger partial charge in [-0.3, -0.25) is 14.5 Å². The monoisotopic (exact) mass is 425 g/mol. The summed E-state index contributed by atoms with van der Waals surface area (Å²) in [6.45, 7) is 6.06. The summed E-state index contributed by atoms with van der Waals surface area (Å²) < 4.78 is 0.